The van der Waals surface area contributed by atoms with E-state index in [4.69, 9.17) is 0 Å². The van der Waals surface area contributed by atoms with Gasteiger partial charge < -0.3 is 4.79 Å². The molecule has 0 unspecified atom stereocenters. The van der Waals surface area contributed by atoms with Gasteiger partial charge in [0.1, 0.15) is 12.1 Å². The van der Waals surface area contributed by atoms with Crippen LogP contribution in [-0.4, -0.2) is 12.1 Å². The van der Waals surface area contributed by atoms with Gasteiger partial charge in [0, 0.05) is 19.3 Å². The highest BCUT2D eigenvalue weighted by atomic mass is 16.1. The minimum atomic E-state index is 0.464. The summed E-state index contributed by atoms with van der Waals surface area (Å²) < 4.78 is 0. The van der Waals surface area contributed by atoms with E-state index in [2.05, 4.69) is 0 Å². The summed E-state index contributed by atoms with van der Waals surface area (Å²) >= 11 is 0. The van der Waals surface area contributed by atoms with E-state index in [1.165, 1.54) is 6.42 Å². The maximum atomic E-state index is 10.5. The van der Waals surface area contributed by atoms with Gasteiger partial charge in [-0.25, -0.2) is 0 Å². The maximum Gasteiger partial charge on any atom is 0.132 e. The molecule has 0 aromatic heterocycles. The third-order valence-electron chi connectivity index (χ3n) is 1.58. The Hall–Kier alpha value is -0.660. The van der Waals surface area contributed by atoms with E-state index >= 15 is 0 Å². The fourth-order valence-electron chi connectivity index (χ4n) is 0.946. The molecule has 0 bridgehead atoms. The predicted octanol–water partition coefficient (Wildman–Crippen LogP) is 2.11. The van der Waals surface area contributed by atoms with Crippen molar-refractivity contribution >= 4 is 12.1 Å². The van der Waals surface area contributed by atoms with E-state index < -0.39 is 0 Å². The lowest BCUT2D eigenvalue weighted by atomic mass is 10.00. The molecular formula is C9H16O2. The standard InChI is InChI=1S/C6H10O.C3H6O/c7-6-4-2-1-3-5-6;1-2-3-4/h1-5H2;3H,2H2,1H3. The molecule has 0 N–H and O–H groups in total. The van der Waals surface area contributed by atoms with Crippen molar-refractivity contribution in [2.45, 2.75) is 45.4 Å². The molecule has 0 spiro atoms. The summed E-state index contributed by atoms with van der Waals surface area (Å²) in [5.74, 6) is 0.464. The monoisotopic (exact) mass is 156 g/mol. The second kappa shape index (κ2) is 7.45. The number of hydrogen-bond acceptors (Lipinski definition) is 2. The van der Waals surface area contributed by atoms with Gasteiger partial charge in [0.15, 0.2) is 0 Å². The van der Waals surface area contributed by atoms with Crippen molar-refractivity contribution in [2.75, 3.05) is 0 Å². The number of ketones is 1. The van der Waals surface area contributed by atoms with Crippen LogP contribution in [0.5, 0.6) is 0 Å². The van der Waals surface area contributed by atoms with Crippen molar-refractivity contribution in [1.29, 1.82) is 0 Å². The van der Waals surface area contributed by atoms with Crippen LogP contribution in [0, 0.1) is 0 Å². The van der Waals surface area contributed by atoms with Crippen LogP contribution < -0.4 is 0 Å². The Bertz CT molecular complexity index is 111. The highest BCUT2D eigenvalue weighted by Gasteiger charge is 2.05. The lowest BCUT2D eigenvalue weighted by Crippen LogP contribution is -2.02. The summed E-state index contributed by atoms with van der Waals surface area (Å²) in [6, 6.07) is 0. The highest BCUT2D eigenvalue weighted by molar-refractivity contribution is 5.78. The molecule has 1 fully saturated rings. The summed E-state index contributed by atoms with van der Waals surface area (Å²) in [6.45, 7) is 1.81. The maximum absolute atomic E-state index is 10.5. The number of aldehydes is 1. The van der Waals surface area contributed by atoms with Crippen molar-refractivity contribution in [2.24, 2.45) is 0 Å². The van der Waals surface area contributed by atoms with Crippen LogP contribution in [0.3, 0.4) is 0 Å². The molecule has 64 valence electrons. The summed E-state index contributed by atoms with van der Waals surface area (Å²) in [4.78, 5) is 19.6. The molecule has 2 heteroatoms. The van der Waals surface area contributed by atoms with Gasteiger partial charge in [0.2, 0.25) is 0 Å². The molecule has 11 heavy (non-hydrogen) atoms. The first-order valence-corrected chi connectivity index (χ1v) is 4.26. The molecule has 1 aliphatic rings. The quantitative estimate of drug-likeness (QED) is 0.545. The Kier molecular flexibility index (Phi) is 7.00. The molecule has 0 aromatic rings. The third-order valence-corrected chi connectivity index (χ3v) is 1.58. The first-order valence-electron chi connectivity index (χ1n) is 4.26. The van der Waals surface area contributed by atoms with Crippen LogP contribution in [0.1, 0.15) is 45.4 Å². The highest BCUT2D eigenvalue weighted by Crippen LogP contribution is 2.12. The fourth-order valence-corrected chi connectivity index (χ4v) is 0.946. The molecule has 0 aliphatic heterocycles. The minimum absolute atomic E-state index is 0.464. The molecule has 0 saturated heterocycles. The molecule has 0 heterocycles. The largest absolute Gasteiger partial charge is 0.303 e. The third kappa shape index (κ3) is 7.23. The number of carbonyl (C=O) groups is 2. The Morgan fingerprint density at radius 3 is 1.91 bits per heavy atom. The first-order chi connectivity index (χ1) is 5.31. The summed E-state index contributed by atoms with van der Waals surface area (Å²) in [5.41, 5.74) is 0. The zero-order chi connectivity index (χ0) is 8.53. The van der Waals surface area contributed by atoms with Gasteiger partial charge in [-0.1, -0.05) is 13.3 Å². The van der Waals surface area contributed by atoms with E-state index in [0.717, 1.165) is 32.0 Å². The zero-order valence-electron chi connectivity index (χ0n) is 7.14. The predicted molar refractivity (Wildman–Crippen MR) is 44.4 cm³/mol. The fraction of sp³-hybridized carbons (Fsp3) is 0.778. The van der Waals surface area contributed by atoms with Crippen molar-refractivity contribution in [3.8, 4) is 0 Å². The van der Waals surface area contributed by atoms with Crippen molar-refractivity contribution in [1.82, 2.24) is 0 Å². The summed E-state index contributed by atoms with van der Waals surface area (Å²) in [5, 5.41) is 0. The van der Waals surface area contributed by atoms with Gasteiger partial charge >= 0.3 is 0 Å². The van der Waals surface area contributed by atoms with Crippen LogP contribution in [0.2, 0.25) is 0 Å². The second-order valence-electron chi connectivity index (χ2n) is 2.67. The number of hydrogen-bond donors (Lipinski definition) is 0. The van der Waals surface area contributed by atoms with E-state index in [1.807, 2.05) is 6.92 Å². The van der Waals surface area contributed by atoms with Crippen molar-refractivity contribution < 1.29 is 9.59 Å². The molecule has 1 aliphatic carbocycles. The number of carbonyl (C=O) groups excluding carboxylic acids is 2. The zero-order valence-corrected chi connectivity index (χ0v) is 7.14. The number of Topliss-reactive ketones (excluding diaryl/α,β-unsaturated/α-hetero) is 1. The van der Waals surface area contributed by atoms with Crippen molar-refractivity contribution in [3.63, 3.8) is 0 Å². The van der Waals surface area contributed by atoms with E-state index in [9.17, 15) is 9.59 Å². The molecule has 0 radical (unpaired) electrons. The number of rotatable bonds is 1. The lowest BCUT2D eigenvalue weighted by molar-refractivity contribution is -0.120. The van der Waals surface area contributed by atoms with Crippen molar-refractivity contribution in [3.05, 3.63) is 0 Å². The average Bonchev–Trinajstić information content (AvgIpc) is 2.07. The van der Waals surface area contributed by atoms with Gasteiger partial charge in [0.25, 0.3) is 0 Å². The van der Waals surface area contributed by atoms with Crippen LogP contribution in [-0.2, 0) is 9.59 Å². The SMILES string of the molecule is CCC=O.O=C1CCCCC1. The Morgan fingerprint density at radius 1 is 1.27 bits per heavy atom. The first kappa shape index (κ1) is 10.3. The average molecular weight is 156 g/mol. The molecule has 0 aromatic carbocycles. The Morgan fingerprint density at radius 2 is 1.73 bits per heavy atom. The van der Waals surface area contributed by atoms with Crippen LogP contribution >= 0.6 is 0 Å². The van der Waals surface area contributed by atoms with E-state index in [0.29, 0.717) is 12.2 Å². The molecular weight excluding hydrogens is 140 g/mol. The molecule has 0 atom stereocenters. The summed E-state index contributed by atoms with van der Waals surface area (Å²) in [6.07, 6.45) is 6.75. The van der Waals surface area contributed by atoms with Gasteiger partial charge in [-0.05, 0) is 12.8 Å². The van der Waals surface area contributed by atoms with E-state index in [1.54, 1.807) is 0 Å². The van der Waals surface area contributed by atoms with Crippen LogP contribution in [0.25, 0.3) is 0 Å². The van der Waals surface area contributed by atoms with Gasteiger partial charge in [-0.2, -0.15) is 0 Å². The smallest absolute Gasteiger partial charge is 0.132 e. The minimum Gasteiger partial charge on any atom is -0.303 e. The molecule has 2 nitrogen and oxygen atoms in total. The van der Waals surface area contributed by atoms with Gasteiger partial charge in [-0.15, -0.1) is 0 Å². The Balaban J connectivity index is 0.000000218. The second-order valence-corrected chi connectivity index (χ2v) is 2.67. The van der Waals surface area contributed by atoms with Crippen LogP contribution in [0.4, 0.5) is 0 Å². The topological polar surface area (TPSA) is 34.1 Å². The molecule has 1 rings (SSSR count). The molecule has 0 amide bonds. The molecule has 1 saturated carbocycles. The lowest BCUT2D eigenvalue weighted by Gasteiger charge is -2.05. The normalized spacial score (nSPS) is 16.6. The Labute approximate surface area is 68.0 Å². The van der Waals surface area contributed by atoms with Gasteiger partial charge in [-0.3, -0.25) is 4.79 Å². The van der Waals surface area contributed by atoms with Crippen LogP contribution in [0.15, 0.2) is 0 Å². The van der Waals surface area contributed by atoms with E-state index in [-0.39, 0.29) is 0 Å². The summed E-state index contributed by atoms with van der Waals surface area (Å²) in [7, 11) is 0. The van der Waals surface area contributed by atoms with Gasteiger partial charge in [0.05, 0.1) is 0 Å².